The second kappa shape index (κ2) is 6.41. The van der Waals surface area contributed by atoms with Crippen LogP contribution in [0.25, 0.3) is 5.69 Å². The Hall–Kier alpha value is -2.65. The third-order valence-electron chi connectivity index (χ3n) is 3.22. The molecule has 3 nitrogen and oxygen atoms in total. The fourth-order valence-electron chi connectivity index (χ4n) is 2.11. The predicted octanol–water partition coefficient (Wildman–Crippen LogP) is 3.87. The number of anilines is 1. The van der Waals surface area contributed by atoms with Gasteiger partial charge in [-0.2, -0.15) is 4.57 Å². The van der Waals surface area contributed by atoms with Gasteiger partial charge in [0.2, 0.25) is 5.69 Å². The number of halogens is 1. The molecule has 22 heavy (non-hydrogen) atoms. The van der Waals surface area contributed by atoms with Gasteiger partial charge in [0.1, 0.15) is 5.56 Å². The van der Waals surface area contributed by atoms with Crippen molar-refractivity contribution in [3.63, 3.8) is 0 Å². The lowest BCUT2D eigenvalue weighted by molar-refractivity contribution is -0.595. The Morgan fingerprint density at radius 1 is 0.909 bits per heavy atom. The van der Waals surface area contributed by atoms with Gasteiger partial charge in [0, 0.05) is 28.9 Å². The van der Waals surface area contributed by atoms with Crippen molar-refractivity contribution < 1.29 is 9.36 Å². The Morgan fingerprint density at radius 3 is 2.36 bits per heavy atom. The van der Waals surface area contributed by atoms with Crippen molar-refractivity contribution in [1.29, 1.82) is 0 Å². The zero-order chi connectivity index (χ0) is 15.4. The van der Waals surface area contributed by atoms with Gasteiger partial charge in [0.25, 0.3) is 5.91 Å². The molecule has 3 aromatic rings. The molecule has 4 heteroatoms. The summed E-state index contributed by atoms with van der Waals surface area (Å²) in [7, 11) is 0. The largest absolute Gasteiger partial charge is 0.322 e. The van der Waals surface area contributed by atoms with Gasteiger partial charge in [-0.1, -0.05) is 29.8 Å². The van der Waals surface area contributed by atoms with E-state index < -0.39 is 0 Å². The fourth-order valence-corrected chi connectivity index (χ4v) is 2.23. The van der Waals surface area contributed by atoms with Crippen LogP contribution in [0.1, 0.15) is 10.4 Å². The Morgan fingerprint density at radius 2 is 1.64 bits per heavy atom. The van der Waals surface area contributed by atoms with Crippen LogP contribution in [0, 0.1) is 0 Å². The van der Waals surface area contributed by atoms with E-state index in [9.17, 15) is 4.79 Å². The van der Waals surface area contributed by atoms with Crippen molar-refractivity contribution in [3.8, 4) is 5.69 Å². The molecular weight excluding hydrogens is 296 g/mol. The van der Waals surface area contributed by atoms with Crippen LogP contribution in [-0.2, 0) is 0 Å². The Labute approximate surface area is 133 Å². The lowest BCUT2D eigenvalue weighted by Crippen LogP contribution is -2.31. The van der Waals surface area contributed by atoms with Gasteiger partial charge in [-0.25, -0.2) is 0 Å². The molecule has 0 aliphatic heterocycles. The zero-order valence-electron chi connectivity index (χ0n) is 11.7. The number of carbonyl (C=O) groups is 1. The number of pyridine rings is 1. The van der Waals surface area contributed by atoms with Gasteiger partial charge in [-0.15, -0.1) is 0 Å². The van der Waals surface area contributed by atoms with Crippen molar-refractivity contribution in [3.05, 3.63) is 89.7 Å². The highest BCUT2D eigenvalue weighted by Gasteiger charge is 2.12. The van der Waals surface area contributed by atoms with Crippen molar-refractivity contribution in [1.82, 2.24) is 0 Å². The summed E-state index contributed by atoms with van der Waals surface area (Å²) in [4.78, 5) is 12.3. The molecule has 0 bridgehead atoms. The van der Waals surface area contributed by atoms with E-state index in [0.29, 0.717) is 16.3 Å². The van der Waals surface area contributed by atoms with Crippen LogP contribution in [0.5, 0.6) is 0 Å². The molecule has 0 saturated carbocycles. The van der Waals surface area contributed by atoms with Gasteiger partial charge < -0.3 is 5.32 Å². The minimum absolute atomic E-state index is 0.160. The van der Waals surface area contributed by atoms with Crippen LogP contribution in [0.3, 0.4) is 0 Å². The van der Waals surface area contributed by atoms with E-state index in [1.165, 1.54) is 0 Å². The van der Waals surface area contributed by atoms with Gasteiger partial charge in [-0.3, -0.25) is 4.79 Å². The topological polar surface area (TPSA) is 33.0 Å². The van der Waals surface area contributed by atoms with Crippen LogP contribution in [0.15, 0.2) is 79.1 Å². The lowest BCUT2D eigenvalue weighted by atomic mass is 10.2. The molecule has 3 rings (SSSR count). The first-order valence-corrected chi connectivity index (χ1v) is 7.24. The summed E-state index contributed by atoms with van der Waals surface area (Å²) in [5.74, 6) is -0.160. The molecule has 108 valence electrons. The lowest BCUT2D eigenvalue weighted by Gasteiger charge is -2.04. The van der Waals surface area contributed by atoms with E-state index in [-0.39, 0.29) is 5.91 Å². The smallest absolute Gasteiger partial charge is 0.261 e. The Bertz CT molecular complexity index is 786. The molecular formula is C18H14ClN2O+. The minimum atomic E-state index is -0.160. The molecule has 0 radical (unpaired) electrons. The number of hydrogen-bond acceptors (Lipinski definition) is 1. The second-order valence-electron chi connectivity index (χ2n) is 4.80. The molecule has 1 N–H and O–H groups in total. The summed E-state index contributed by atoms with van der Waals surface area (Å²) >= 11 is 5.84. The molecule has 0 saturated heterocycles. The SMILES string of the molecule is O=C(Nc1ccc(Cl)cc1)c1ccc[n+](-c2ccccc2)c1. The maximum atomic E-state index is 12.3. The van der Waals surface area contributed by atoms with E-state index in [1.54, 1.807) is 36.5 Å². The normalized spacial score (nSPS) is 10.2. The highest BCUT2D eigenvalue weighted by Crippen LogP contribution is 2.14. The van der Waals surface area contributed by atoms with Crippen LogP contribution in [0.2, 0.25) is 5.02 Å². The van der Waals surface area contributed by atoms with Gasteiger partial charge in [0.05, 0.1) is 0 Å². The quantitative estimate of drug-likeness (QED) is 0.732. The van der Waals surface area contributed by atoms with E-state index in [0.717, 1.165) is 5.69 Å². The molecule has 1 aromatic heterocycles. The number of nitrogens with one attached hydrogen (secondary N) is 1. The molecule has 0 aliphatic rings. The number of aromatic nitrogens is 1. The molecule has 0 atom stereocenters. The number of amides is 1. The summed E-state index contributed by atoms with van der Waals surface area (Å²) < 4.78 is 1.91. The Balaban J connectivity index is 1.82. The first-order valence-electron chi connectivity index (χ1n) is 6.86. The van der Waals surface area contributed by atoms with E-state index in [1.807, 2.05) is 47.2 Å². The number of nitrogens with zero attached hydrogens (tertiary/aromatic N) is 1. The molecule has 0 aliphatic carbocycles. The molecule has 2 aromatic carbocycles. The predicted molar refractivity (Wildman–Crippen MR) is 87.4 cm³/mol. The minimum Gasteiger partial charge on any atom is -0.322 e. The summed E-state index contributed by atoms with van der Waals surface area (Å²) in [6, 6.07) is 20.5. The van der Waals surface area contributed by atoms with Crippen LogP contribution < -0.4 is 9.88 Å². The molecule has 1 heterocycles. The molecule has 0 spiro atoms. The van der Waals surface area contributed by atoms with E-state index >= 15 is 0 Å². The maximum absolute atomic E-state index is 12.3. The first kappa shape index (κ1) is 14.3. The van der Waals surface area contributed by atoms with Crippen molar-refractivity contribution in [2.45, 2.75) is 0 Å². The molecule has 0 fully saturated rings. The number of carbonyl (C=O) groups excluding carboxylic acids is 1. The monoisotopic (exact) mass is 309 g/mol. The highest BCUT2D eigenvalue weighted by molar-refractivity contribution is 6.30. The average molecular weight is 310 g/mol. The van der Waals surface area contributed by atoms with E-state index in [4.69, 9.17) is 11.6 Å². The summed E-state index contributed by atoms with van der Waals surface area (Å²) in [6.45, 7) is 0. The van der Waals surface area contributed by atoms with Crippen molar-refractivity contribution in [2.75, 3.05) is 5.32 Å². The number of hydrogen-bond donors (Lipinski definition) is 1. The number of para-hydroxylation sites is 1. The van der Waals surface area contributed by atoms with Crippen LogP contribution in [0.4, 0.5) is 5.69 Å². The van der Waals surface area contributed by atoms with Crippen LogP contribution in [-0.4, -0.2) is 5.91 Å². The van der Waals surface area contributed by atoms with Crippen LogP contribution >= 0.6 is 11.6 Å². The Kier molecular flexibility index (Phi) is 4.17. The zero-order valence-corrected chi connectivity index (χ0v) is 12.5. The second-order valence-corrected chi connectivity index (χ2v) is 5.23. The van der Waals surface area contributed by atoms with Gasteiger partial charge in [-0.05, 0) is 30.3 Å². The molecule has 0 unspecified atom stereocenters. The number of rotatable bonds is 3. The van der Waals surface area contributed by atoms with E-state index in [2.05, 4.69) is 5.32 Å². The highest BCUT2D eigenvalue weighted by atomic mass is 35.5. The van der Waals surface area contributed by atoms with Gasteiger partial charge >= 0.3 is 0 Å². The summed E-state index contributed by atoms with van der Waals surface area (Å²) in [5, 5.41) is 3.49. The standard InChI is InChI=1S/C18H13ClN2O/c19-15-8-10-16(11-9-15)20-18(22)14-5-4-12-21(13-14)17-6-2-1-3-7-17/h1-13H/p+1. The maximum Gasteiger partial charge on any atom is 0.261 e. The third-order valence-corrected chi connectivity index (χ3v) is 3.47. The number of benzene rings is 2. The van der Waals surface area contributed by atoms with Crippen molar-refractivity contribution >= 4 is 23.2 Å². The summed E-state index contributed by atoms with van der Waals surface area (Å²) in [5.41, 5.74) is 2.30. The average Bonchev–Trinajstić information content (AvgIpc) is 2.58. The molecule has 1 amide bonds. The fraction of sp³-hybridized carbons (Fsp3) is 0. The third kappa shape index (κ3) is 3.32. The van der Waals surface area contributed by atoms with Gasteiger partial charge in [0.15, 0.2) is 12.4 Å². The van der Waals surface area contributed by atoms with Crippen molar-refractivity contribution in [2.24, 2.45) is 0 Å². The summed E-state index contributed by atoms with van der Waals surface area (Å²) in [6.07, 6.45) is 3.72. The first-order chi connectivity index (χ1) is 10.7.